The molecule has 0 atom stereocenters. The normalized spacial score (nSPS) is 16.0. The third-order valence-electron chi connectivity index (χ3n) is 3.88. The van der Waals surface area contributed by atoms with Crippen LogP contribution in [0.25, 0.3) is 0 Å². The van der Waals surface area contributed by atoms with Crippen LogP contribution in [0.3, 0.4) is 0 Å². The summed E-state index contributed by atoms with van der Waals surface area (Å²) < 4.78 is 0. The van der Waals surface area contributed by atoms with Crippen molar-refractivity contribution in [2.75, 3.05) is 13.1 Å². The predicted molar refractivity (Wildman–Crippen MR) is 84.0 cm³/mol. The second-order valence-electron chi connectivity index (χ2n) is 5.41. The molecule has 1 aliphatic heterocycles. The molecule has 21 heavy (non-hydrogen) atoms. The van der Waals surface area contributed by atoms with Gasteiger partial charge in [0.25, 0.3) is 5.56 Å². The highest BCUT2D eigenvalue weighted by Crippen LogP contribution is 2.23. The van der Waals surface area contributed by atoms with E-state index in [-0.39, 0.29) is 5.56 Å². The van der Waals surface area contributed by atoms with E-state index in [2.05, 4.69) is 15.3 Å². The van der Waals surface area contributed by atoms with E-state index < -0.39 is 0 Å². The number of halogens is 1. The summed E-state index contributed by atoms with van der Waals surface area (Å²) in [5, 5.41) is 4.03. The minimum absolute atomic E-state index is 0.0828. The molecular formula is C16H18ClN3O. The maximum atomic E-state index is 11.9. The first-order valence-corrected chi connectivity index (χ1v) is 7.64. The number of nitrogens with one attached hydrogen (secondary N) is 2. The van der Waals surface area contributed by atoms with Crippen LogP contribution in [-0.4, -0.2) is 23.1 Å². The fourth-order valence-corrected chi connectivity index (χ4v) is 2.96. The highest BCUT2D eigenvalue weighted by molar-refractivity contribution is 6.31. The Kier molecular flexibility index (Phi) is 4.36. The summed E-state index contributed by atoms with van der Waals surface area (Å²) in [6.45, 7) is 1.97. The van der Waals surface area contributed by atoms with Crippen LogP contribution in [0.4, 0.5) is 0 Å². The molecule has 0 radical (unpaired) electrons. The Morgan fingerprint density at radius 2 is 2.00 bits per heavy atom. The van der Waals surface area contributed by atoms with Crippen LogP contribution in [0.2, 0.25) is 5.02 Å². The van der Waals surface area contributed by atoms with Gasteiger partial charge in [0, 0.05) is 23.4 Å². The van der Waals surface area contributed by atoms with Gasteiger partial charge in [-0.05, 0) is 37.6 Å². The van der Waals surface area contributed by atoms with Crippen LogP contribution in [0.15, 0.2) is 35.1 Å². The van der Waals surface area contributed by atoms with E-state index in [1.165, 1.54) is 0 Å². The van der Waals surface area contributed by atoms with Crippen LogP contribution in [0.1, 0.15) is 35.8 Å². The number of benzene rings is 1. The van der Waals surface area contributed by atoms with E-state index in [9.17, 15) is 4.79 Å². The van der Waals surface area contributed by atoms with Gasteiger partial charge >= 0.3 is 0 Å². The first-order valence-electron chi connectivity index (χ1n) is 7.26. The van der Waals surface area contributed by atoms with E-state index in [4.69, 9.17) is 11.6 Å². The van der Waals surface area contributed by atoms with E-state index in [0.717, 1.165) is 37.2 Å². The van der Waals surface area contributed by atoms with E-state index >= 15 is 0 Å². The van der Waals surface area contributed by atoms with E-state index in [1.54, 1.807) is 6.07 Å². The van der Waals surface area contributed by atoms with Crippen molar-refractivity contribution in [3.63, 3.8) is 0 Å². The fourth-order valence-electron chi connectivity index (χ4n) is 2.76. The lowest BCUT2D eigenvalue weighted by atomic mass is 9.94. The summed E-state index contributed by atoms with van der Waals surface area (Å²) in [5.74, 6) is 1.06. The Hall–Kier alpha value is -1.65. The van der Waals surface area contributed by atoms with Crippen molar-refractivity contribution in [1.82, 2.24) is 15.3 Å². The van der Waals surface area contributed by atoms with Gasteiger partial charge in [0.15, 0.2) is 0 Å². The molecule has 110 valence electrons. The van der Waals surface area contributed by atoms with Gasteiger partial charge in [-0.2, -0.15) is 0 Å². The van der Waals surface area contributed by atoms with Crippen molar-refractivity contribution in [3.8, 4) is 0 Å². The zero-order valence-electron chi connectivity index (χ0n) is 11.7. The molecule has 0 saturated carbocycles. The number of piperidine rings is 1. The lowest BCUT2D eigenvalue weighted by Crippen LogP contribution is -2.28. The van der Waals surface area contributed by atoms with Crippen molar-refractivity contribution in [2.24, 2.45) is 0 Å². The van der Waals surface area contributed by atoms with Gasteiger partial charge in [0.1, 0.15) is 5.82 Å². The zero-order chi connectivity index (χ0) is 14.7. The number of H-pyrrole nitrogens is 1. The highest BCUT2D eigenvalue weighted by atomic mass is 35.5. The molecule has 0 unspecified atom stereocenters. The van der Waals surface area contributed by atoms with Crippen molar-refractivity contribution in [1.29, 1.82) is 0 Å². The third-order valence-corrected chi connectivity index (χ3v) is 4.25. The quantitative estimate of drug-likeness (QED) is 0.916. The summed E-state index contributed by atoms with van der Waals surface area (Å²) in [5.41, 5.74) is 1.80. The molecule has 1 aromatic carbocycles. The molecule has 4 nitrogen and oxygen atoms in total. The standard InChI is InChI=1S/C16H18ClN3O/c17-13-4-2-1-3-12(13)9-15-19-14(10-16(21)20-15)11-5-7-18-8-6-11/h1-4,10-11,18H,5-9H2,(H,19,20,21). The molecule has 1 aliphatic rings. The Morgan fingerprint density at radius 3 is 2.76 bits per heavy atom. The lowest BCUT2D eigenvalue weighted by molar-refractivity contribution is 0.451. The van der Waals surface area contributed by atoms with Crippen molar-refractivity contribution in [2.45, 2.75) is 25.2 Å². The smallest absolute Gasteiger partial charge is 0.251 e. The summed E-state index contributed by atoms with van der Waals surface area (Å²) in [7, 11) is 0. The van der Waals surface area contributed by atoms with E-state index in [1.807, 2.05) is 24.3 Å². The monoisotopic (exact) mass is 303 g/mol. The molecule has 5 heteroatoms. The van der Waals surface area contributed by atoms with Crippen LogP contribution < -0.4 is 10.9 Å². The van der Waals surface area contributed by atoms with Gasteiger partial charge in [-0.15, -0.1) is 0 Å². The topological polar surface area (TPSA) is 57.8 Å². The molecule has 3 rings (SSSR count). The molecule has 1 fully saturated rings. The molecule has 0 aliphatic carbocycles. The number of rotatable bonds is 3. The number of aromatic amines is 1. The summed E-state index contributed by atoms with van der Waals surface area (Å²) in [6, 6.07) is 9.28. The summed E-state index contributed by atoms with van der Waals surface area (Å²) in [4.78, 5) is 19.4. The maximum Gasteiger partial charge on any atom is 0.251 e. The second kappa shape index (κ2) is 6.41. The Morgan fingerprint density at radius 1 is 1.24 bits per heavy atom. The van der Waals surface area contributed by atoms with Gasteiger partial charge in [-0.25, -0.2) is 4.98 Å². The minimum Gasteiger partial charge on any atom is -0.317 e. The van der Waals surface area contributed by atoms with Crippen molar-refractivity contribution in [3.05, 3.63) is 62.8 Å². The number of hydrogen-bond acceptors (Lipinski definition) is 3. The SMILES string of the molecule is O=c1cc(C2CCNCC2)nc(Cc2ccccc2Cl)[nH]1. The Labute approximate surface area is 128 Å². The number of hydrogen-bond donors (Lipinski definition) is 2. The molecular weight excluding hydrogens is 286 g/mol. The molecule has 0 bridgehead atoms. The van der Waals surface area contributed by atoms with Crippen LogP contribution in [-0.2, 0) is 6.42 Å². The van der Waals surface area contributed by atoms with Gasteiger partial charge in [-0.1, -0.05) is 29.8 Å². The molecule has 0 amide bonds. The fraction of sp³-hybridized carbons (Fsp3) is 0.375. The largest absolute Gasteiger partial charge is 0.317 e. The Balaban J connectivity index is 1.87. The molecule has 1 aromatic heterocycles. The van der Waals surface area contributed by atoms with Gasteiger partial charge in [-0.3, -0.25) is 4.79 Å². The molecule has 1 saturated heterocycles. The zero-order valence-corrected chi connectivity index (χ0v) is 12.5. The predicted octanol–water partition coefficient (Wildman–Crippen LogP) is 2.48. The first kappa shape index (κ1) is 14.3. The van der Waals surface area contributed by atoms with Crippen molar-refractivity contribution >= 4 is 11.6 Å². The molecule has 2 aromatic rings. The van der Waals surface area contributed by atoms with Gasteiger partial charge < -0.3 is 10.3 Å². The Bertz CT molecular complexity index is 677. The molecule has 2 N–H and O–H groups in total. The number of nitrogens with zero attached hydrogens (tertiary/aromatic N) is 1. The van der Waals surface area contributed by atoms with Crippen LogP contribution in [0.5, 0.6) is 0 Å². The second-order valence-corrected chi connectivity index (χ2v) is 5.82. The van der Waals surface area contributed by atoms with Crippen molar-refractivity contribution < 1.29 is 0 Å². The van der Waals surface area contributed by atoms with Gasteiger partial charge in [0.2, 0.25) is 0 Å². The molecule has 0 spiro atoms. The van der Waals surface area contributed by atoms with Gasteiger partial charge in [0.05, 0.1) is 5.69 Å². The molecule has 2 heterocycles. The minimum atomic E-state index is -0.0828. The summed E-state index contributed by atoms with van der Waals surface area (Å²) in [6.07, 6.45) is 2.61. The van der Waals surface area contributed by atoms with Crippen LogP contribution in [0, 0.1) is 0 Å². The first-order chi connectivity index (χ1) is 10.2. The summed E-state index contributed by atoms with van der Waals surface area (Å²) >= 11 is 6.17. The number of aromatic nitrogens is 2. The highest BCUT2D eigenvalue weighted by Gasteiger charge is 2.17. The lowest BCUT2D eigenvalue weighted by Gasteiger charge is -2.22. The maximum absolute atomic E-state index is 11.9. The third kappa shape index (κ3) is 3.52. The average Bonchev–Trinajstić information content (AvgIpc) is 2.50. The average molecular weight is 304 g/mol. The van der Waals surface area contributed by atoms with E-state index in [0.29, 0.717) is 23.2 Å². The van der Waals surface area contributed by atoms with Crippen LogP contribution >= 0.6 is 11.6 Å².